The Labute approximate surface area is 91.7 Å². The molecule has 0 aliphatic carbocycles. The van der Waals surface area contributed by atoms with Gasteiger partial charge in [0.1, 0.15) is 6.33 Å². The first-order valence-corrected chi connectivity index (χ1v) is 4.83. The number of carbonyl (C=O) groups is 1. The molecule has 0 unspecified atom stereocenters. The fourth-order valence-corrected chi connectivity index (χ4v) is 1.42. The molecular weight excluding hydrogens is 208 g/mol. The number of ether oxygens (including phenoxy) is 1. The third kappa shape index (κ3) is 1.79. The fraction of sp³-hybridized carbons (Fsp3) is 0.182. The average Bonchev–Trinajstić information content (AvgIpc) is 2.29. The van der Waals surface area contributed by atoms with Crippen LogP contribution >= 0.6 is 0 Å². The summed E-state index contributed by atoms with van der Waals surface area (Å²) in [4.78, 5) is 18.8. The number of fused-ring (bicyclic) bond motifs is 1. The van der Waals surface area contributed by atoms with Crippen molar-refractivity contribution in [3.05, 3.63) is 30.1 Å². The third-order valence-electron chi connectivity index (χ3n) is 2.13. The van der Waals surface area contributed by atoms with Gasteiger partial charge in [0.15, 0.2) is 0 Å². The zero-order valence-electron chi connectivity index (χ0n) is 8.67. The standard InChI is InChI=1S/C11H10N2O3/c1-2-16-10-8-5-7(11(14)15)3-4-9(8)12-6-13-10/h3-6H,2H2,1H3,(H,14,15). The third-order valence-corrected chi connectivity index (χ3v) is 2.13. The predicted octanol–water partition coefficient (Wildman–Crippen LogP) is 1.73. The van der Waals surface area contributed by atoms with Crippen molar-refractivity contribution in [2.24, 2.45) is 0 Å². The quantitative estimate of drug-likeness (QED) is 0.849. The number of hydrogen-bond acceptors (Lipinski definition) is 4. The summed E-state index contributed by atoms with van der Waals surface area (Å²) in [6.07, 6.45) is 1.40. The molecule has 1 N–H and O–H groups in total. The van der Waals surface area contributed by atoms with E-state index in [1.165, 1.54) is 18.5 Å². The summed E-state index contributed by atoms with van der Waals surface area (Å²) in [5.74, 6) is -0.566. The summed E-state index contributed by atoms with van der Waals surface area (Å²) in [7, 11) is 0. The molecule has 2 rings (SSSR count). The Balaban J connectivity index is 2.63. The Morgan fingerprint density at radius 2 is 2.25 bits per heavy atom. The zero-order valence-corrected chi connectivity index (χ0v) is 8.67. The lowest BCUT2D eigenvalue weighted by Gasteiger charge is -2.05. The number of rotatable bonds is 3. The SMILES string of the molecule is CCOc1ncnc2ccc(C(=O)O)cc12. The fourth-order valence-electron chi connectivity index (χ4n) is 1.42. The van der Waals surface area contributed by atoms with Gasteiger partial charge in [0.2, 0.25) is 5.88 Å². The molecule has 5 heteroatoms. The van der Waals surface area contributed by atoms with Gasteiger partial charge in [0.25, 0.3) is 0 Å². The molecule has 0 bridgehead atoms. The van der Waals surface area contributed by atoms with Gasteiger partial charge in [0.05, 0.1) is 23.1 Å². The maximum Gasteiger partial charge on any atom is 0.335 e. The summed E-state index contributed by atoms with van der Waals surface area (Å²) in [6, 6.07) is 4.67. The van der Waals surface area contributed by atoms with Crippen LogP contribution in [-0.2, 0) is 0 Å². The molecule has 2 aromatic rings. The van der Waals surface area contributed by atoms with E-state index in [0.29, 0.717) is 23.4 Å². The summed E-state index contributed by atoms with van der Waals surface area (Å²) >= 11 is 0. The van der Waals surface area contributed by atoms with Crippen LogP contribution in [0.2, 0.25) is 0 Å². The molecule has 0 spiro atoms. The van der Waals surface area contributed by atoms with E-state index in [4.69, 9.17) is 9.84 Å². The van der Waals surface area contributed by atoms with Gasteiger partial charge in [-0.25, -0.2) is 14.8 Å². The van der Waals surface area contributed by atoms with Crippen molar-refractivity contribution >= 4 is 16.9 Å². The number of aromatic nitrogens is 2. The highest BCUT2D eigenvalue weighted by atomic mass is 16.5. The first kappa shape index (κ1) is 10.4. The average molecular weight is 218 g/mol. The first-order chi connectivity index (χ1) is 7.72. The highest BCUT2D eigenvalue weighted by Gasteiger charge is 2.08. The van der Waals surface area contributed by atoms with E-state index in [2.05, 4.69) is 9.97 Å². The number of benzene rings is 1. The van der Waals surface area contributed by atoms with E-state index in [0.717, 1.165) is 0 Å². The topological polar surface area (TPSA) is 72.3 Å². The molecule has 0 fully saturated rings. The summed E-state index contributed by atoms with van der Waals surface area (Å²) in [6.45, 7) is 2.32. The van der Waals surface area contributed by atoms with Gasteiger partial charge in [-0.3, -0.25) is 0 Å². The molecule has 0 radical (unpaired) electrons. The summed E-state index contributed by atoms with van der Waals surface area (Å²) < 4.78 is 5.31. The largest absolute Gasteiger partial charge is 0.478 e. The summed E-state index contributed by atoms with van der Waals surface area (Å²) in [5, 5.41) is 9.50. The molecule has 0 amide bonds. The van der Waals surface area contributed by atoms with Gasteiger partial charge in [-0.1, -0.05) is 0 Å². The molecule has 0 aliphatic rings. The van der Waals surface area contributed by atoms with Crippen LogP contribution in [-0.4, -0.2) is 27.7 Å². The van der Waals surface area contributed by atoms with Crippen molar-refractivity contribution in [3.8, 4) is 5.88 Å². The predicted molar refractivity (Wildman–Crippen MR) is 57.7 cm³/mol. The molecule has 0 saturated heterocycles. The number of carboxylic acids is 1. The van der Waals surface area contributed by atoms with E-state index in [1.54, 1.807) is 6.07 Å². The van der Waals surface area contributed by atoms with Crippen LogP contribution in [0.3, 0.4) is 0 Å². The molecule has 5 nitrogen and oxygen atoms in total. The van der Waals surface area contributed by atoms with Crippen LogP contribution < -0.4 is 4.74 Å². The minimum absolute atomic E-state index is 0.197. The zero-order chi connectivity index (χ0) is 11.5. The van der Waals surface area contributed by atoms with Gasteiger partial charge in [0, 0.05) is 0 Å². The first-order valence-electron chi connectivity index (χ1n) is 4.83. The Bertz CT molecular complexity index is 540. The lowest BCUT2D eigenvalue weighted by molar-refractivity contribution is 0.0697. The van der Waals surface area contributed by atoms with Crippen molar-refractivity contribution in [3.63, 3.8) is 0 Å². The lowest BCUT2D eigenvalue weighted by atomic mass is 10.1. The normalized spacial score (nSPS) is 10.3. The van der Waals surface area contributed by atoms with Crippen molar-refractivity contribution < 1.29 is 14.6 Å². The highest BCUT2D eigenvalue weighted by Crippen LogP contribution is 2.22. The smallest absolute Gasteiger partial charge is 0.335 e. The second-order valence-corrected chi connectivity index (χ2v) is 3.15. The van der Waals surface area contributed by atoms with Crippen molar-refractivity contribution in [1.29, 1.82) is 0 Å². The van der Waals surface area contributed by atoms with E-state index >= 15 is 0 Å². The van der Waals surface area contributed by atoms with E-state index in [9.17, 15) is 4.79 Å². The lowest BCUT2D eigenvalue weighted by Crippen LogP contribution is -1.99. The van der Waals surface area contributed by atoms with Crippen molar-refractivity contribution in [1.82, 2.24) is 9.97 Å². The van der Waals surface area contributed by atoms with Gasteiger partial charge < -0.3 is 9.84 Å². The van der Waals surface area contributed by atoms with E-state index in [1.807, 2.05) is 6.92 Å². The molecule has 1 aromatic carbocycles. The molecule has 0 aliphatic heterocycles. The number of carboxylic acid groups (broad SMARTS) is 1. The molecule has 82 valence electrons. The molecule has 1 heterocycles. The monoisotopic (exact) mass is 218 g/mol. The van der Waals surface area contributed by atoms with E-state index in [-0.39, 0.29) is 5.56 Å². The van der Waals surface area contributed by atoms with Crippen LogP contribution in [0.4, 0.5) is 0 Å². The van der Waals surface area contributed by atoms with Crippen molar-refractivity contribution in [2.45, 2.75) is 6.92 Å². The number of aromatic carboxylic acids is 1. The second-order valence-electron chi connectivity index (χ2n) is 3.15. The van der Waals surface area contributed by atoms with Gasteiger partial charge in [-0.2, -0.15) is 0 Å². The van der Waals surface area contributed by atoms with Crippen molar-refractivity contribution in [2.75, 3.05) is 6.61 Å². The molecule has 0 atom stereocenters. The number of hydrogen-bond donors (Lipinski definition) is 1. The highest BCUT2D eigenvalue weighted by molar-refractivity contribution is 5.94. The minimum atomic E-state index is -0.979. The van der Waals surface area contributed by atoms with Gasteiger partial charge in [-0.05, 0) is 25.1 Å². The Hall–Kier alpha value is -2.17. The molecule has 0 saturated carbocycles. The molecular formula is C11H10N2O3. The van der Waals surface area contributed by atoms with Crippen LogP contribution in [0.15, 0.2) is 24.5 Å². The second kappa shape index (κ2) is 4.14. The Morgan fingerprint density at radius 1 is 1.44 bits per heavy atom. The molecule has 16 heavy (non-hydrogen) atoms. The van der Waals surface area contributed by atoms with Crippen LogP contribution in [0.5, 0.6) is 5.88 Å². The van der Waals surface area contributed by atoms with Crippen LogP contribution in [0, 0.1) is 0 Å². The van der Waals surface area contributed by atoms with Crippen LogP contribution in [0.1, 0.15) is 17.3 Å². The van der Waals surface area contributed by atoms with Gasteiger partial charge in [-0.15, -0.1) is 0 Å². The maximum absolute atomic E-state index is 10.8. The maximum atomic E-state index is 10.8. The van der Waals surface area contributed by atoms with Crippen LogP contribution in [0.25, 0.3) is 10.9 Å². The Morgan fingerprint density at radius 3 is 2.94 bits per heavy atom. The van der Waals surface area contributed by atoms with Gasteiger partial charge >= 0.3 is 5.97 Å². The summed E-state index contributed by atoms with van der Waals surface area (Å²) in [5.41, 5.74) is 0.867. The number of nitrogens with zero attached hydrogens (tertiary/aromatic N) is 2. The Kier molecular flexibility index (Phi) is 2.68. The molecule has 1 aromatic heterocycles. The minimum Gasteiger partial charge on any atom is -0.478 e. The van der Waals surface area contributed by atoms with E-state index < -0.39 is 5.97 Å².